The van der Waals surface area contributed by atoms with E-state index in [9.17, 15) is 9.59 Å². The van der Waals surface area contributed by atoms with Gasteiger partial charge < -0.3 is 19.9 Å². The summed E-state index contributed by atoms with van der Waals surface area (Å²) in [6.07, 6.45) is 2.37. The maximum atomic E-state index is 11.6. The minimum atomic E-state index is -1.01. The van der Waals surface area contributed by atoms with E-state index >= 15 is 0 Å². The molecule has 6 heteroatoms. The Balaban J connectivity index is 2.14. The Morgan fingerprint density at radius 2 is 2.21 bits per heavy atom. The zero-order valence-electron chi connectivity index (χ0n) is 11.6. The van der Waals surface area contributed by atoms with E-state index in [0.717, 1.165) is 19.4 Å². The Morgan fingerprint density at radius 1 is 1.47 bits per heavy atom. The first kappa shape index (κ1) is 15.9. The molecule has 6 nitrogen and oxygen atoms in total. The van der Waals surface area contributed by atoms with Crippen LogP contribution in [0.1, 0.15) is 33.1 Å². The molecule has 1 amide bonds. The van der Waals surface area contributed by atoms with Gasteiger partial charge >= 0.3 is 5.97 Å². The van der Waals surface area contributed by atoms with Crippen molar-refractivity contribution in [3.63, 3.8) is 0 Å². The van der Waals surface area contributed by atoms with E-state index in [1.807, 2.05) is 0 Å². The number of hydrogen-bond donors (Lipinski definition) is 2. The molecule has 0 saturated carbocycles. The van der Waals surface area contributed by atoms with Crippen LogP contribution in [0.15, 0.2) is 0 Å². The molecule has 1 heterocycles. The summed E-state index contributed by atoms with van der Waals surface area (Å²) in [6, 6.07) is -0.842. The van der Waals surface area contributed by atoms with E-state index in [1.54, 1.807) is 13.8 Å². The molecule has 0 aliphatic carbocycles. The first-order valence-corrected chi connectivity index (χ1v) is 6.72. The first-order chi connectivity index (χ1) is 9.00. The van der Waals surface area contributed by atoms with Gasteiger partial charge in [-0.2, -0.15) is 0 Å². The van der Waals surface area contributed by atoms with Crippen molar-refractivity contribution < 1.29 is 24.2 Å². The summed E-state index contributed by atoms with van der Waals surface area (Å²) >= 11 is 0. The third-order valence-corrected chi connectivity index (χ3v) is 3.05. The fraction of sp³-hybridized carbons (Fsp3) is 0.846. The molecule has 0 radical (unpaired) electrons. The molecule has 1 fully saturated rings. The molecule has 1 saturated heterocycles. The van der Waals surface area contributed by atoms with Crippen molar-refractivity contribution >= 4 is 11.9 Å². The Kier molecular flexibility index (Phi) is 6.80. The summed E-state index contributed by atoms with van der Waals surface area (Å²) in [6.45, 7) is 5.08. The van der Waals surface area contributed by atoms with Crippen molar-refractivity contribution in [2.45, 2.75) is 45.3 Å². The van der Waals surface area contributed by atoms with Gasteiger partial charge in [0.05, 0.1) is 19.3 Å². The van der Waals surface area contributed by atoms with Crippen LogP contribution < -0.4 is 5.32 Å². The van der Waals surface area contributed by atoms with Gasteiger partial charge in [0.2, 0.25) is 5.91 Å². The molecule has 2 N–H and O–H groups in total. The van der Waals surface area contributed by atoms with Gasteiger partial charge in [0.15, 0.2) is 0 Å². The Morgan fingerprint density at radius 3 is 2.74 bits per heavy atom. The topological polar surface area (TPSA) is 84.9 Å². The van der Waals surface area contributed by atoms with Gasteiger partial charge in [0.1, 0.15) is 6.04 Å². The average molecular weight is 273 g/mol. The molecule has 1 rings (SSSR count). The molecule has 110 valence electrons. The second-order valence-corrected chi connectivity index (χ2v) is 5.09. The van der Waals surface area contributed by atoms with Crippen LogP contribution in [0.25, 0.3) is 0 Å². The standard InChI is InChI=1S/C13H23NO5/c1-9(2)12(13(16)17)14-11(15)5-7-18-8-10-4-3-6-19-10/h9-10,12H,3-8H2,1-2H3,(H,14,15)(H,16,17)/t10?,12-/m0/s1. The Labute approximate surface area is 113 Å². The normalized spacial score (nSPS) is 20.5. The van der Waals surface area contributed by atoms with Crippen molar-refractivity contribution in [3.8, 4) is 0 Å². The molecule has 1 aliphatic heterocycles. The summed E-state index contributed by atoms with van der Waals surface area (Å²) in [4.78, 5) is 22.5. The molecule has 1 unspecified atom stereocenters. The summed E-state index contributed by atoms with van der Waals surface area (Å²) in [5.41, 5.74) is 0. The van der Waals surface area contributed by atoms with E-state index in [1.165, 1.54) is 0 Å². The number of carbonyl (C=O) groups is 2. The number of rotatable bonds is 8. The van der Waals surface area contributed by atoms with Gasteiger partial charge in [0.25, 0.3) is 0 Å². The number of carboxylic acids is 1. The maximum Gasteiger partial charge on any atom is 0.326 e. The van der Waals surface area contributed by atoms with Gasteiger partial charge in [0, 0.05) is 13.0 Å². The first-order valence-electron chi connectivity index (χ1n) is 6.72. The van der Waals surface area contributed by atoms with Crippen LogP contribution in [0.4, 0.5) is 0 Å². The van der Waals surface area contributed by atoms with Crippen LogP contribution in [-0.2, 0) is 19.1 Å². The van der Waals surface area contributed by atoms with Crippen molar-refractivity contribution in [2.75, 3.05) is 19.8 Å². The second kappa shape index (κ2) is 8.12. The predicted octanol–water partition coefficient (Wildman–Crippen LogP) is 0.798. The Hall–Kier alpha value is -1.14. The zero-order valence-corrected chi connectivity index (χ0v) is 11.6. The summed E-state index contributed by atoms with van der Waals surface area (Å²) in [7, 11) is 0. The minimum Gasteiger partial charge on any atom is -0.480 e. The fourth-order valence-electron chi connectivity index (χ4n) is 1.91. The lowest BCUT2D eigenvalue weighted by Gasteiger charge is -2.18. The third kappa shape index (κ3) is 6.02. The van der Waals surface area contributed by atoms with Crippen LogP contribution in [-0.4, -0.2) is 48.9 Å². The van der Waals surface area contributed by atoms with Crippen LogP contribution in [0.3, 0.4) is 0 Å². The predicted molar refractivity (Wildman–Crippen MR) is 68.8 cm³/mol. The van der Waals surface area contributed by atoms with E-state index in [-0.39, 0.29) is 31.0 Å². The molecule has 0 aromatic heterocycles. The number of aliphatic carboxylic acids is 1. The van der Waals surface area contributed by atoms with Crippen LogP contribution >= 0.6 is 0 Å². The molecule has 1 aliphatic rings. The molecule has 19 heavy (non-hydrogen) atoms. The number of nitrogens with one attached hydrogen (secondary N) is 1. The summed E-state index contributed by atoms with van der Waals surface area (Å²) < 4.78 is 10.7. The number of ether oxygens (including phenoxy) is 2. The van der Waals surface area contributed by atoms with Crippen LogP contribution in [0.5, 0.6) is 0 Å². The smallest absolute Gasteiger partial charge is 0.326 e. The van der Waals surface area contributed by atoms with Gasteiger partial charge in [-0.25, -0.2) is 4.79 Å². The number of amides is 1. The lowest BCUT2D eigenvalue weighted by atomic mass is 10.0. The highest BCUT2D eigenvalue weighted by Crippen LogP contribution is 2.11. The van der Waals surface area contributed by atoms with Crippen molar-refractivity contribution in [3.05, 3.63) is 0 Å². The molecule has 0 aromatic rings. The lowest BCUT2D eigenvalue weighted by molar-refractivity contribution is -0.143. The van der Waals surface area contributed by atoms with Crippen molar-refractivity contribution in [1.82, 2.24) is 5.32 Å². The van der Waals surface area contributed by atoms with E-state index in [0.29, 0.717) is 6.61 Å². The SMILES string of the molecule is CC(C)[C@H](NC(=O)CCOCC1CCCO1)C(=O)O. The molecular weight excluding hydrogens is 250 g/mol. The van der Waals surface area contributed by atoms with Gasteiger partial charge in [-0.1, -0.05) is 13.8 Å². The van der Waals surface area contributed by atoms with Gasteiger partial charge in [-0.05, 0) is 18.8 Å². The van der Waals surface area contributed by atoms with E-state index < -0.39 is 12.0 Å². The monoisotopic (exact) mass is 273 g/mol. The molecule has 0 aromatic carbocycles. The van der Waals surface area contributed by atoms with Gasteiger partial charge in [-0.15, -0.1) is 0 Å². The van der Waals surface area contributed by atoms with E-state index in [4.69, 9.17) is 14.6 Å². The largest absolute Gasteiger partial charge is 0.480 e. The molecule has 0 spiro atoms. The van der Waals surface area contributed by atoms with Gasteiger partial charge in [-0.3, -0.25) is 4.79 Å². The van der Waals surface area contributed by atoms with Crippen LogP contribution in [0, 0.1) is 5.92 Å². The summed E-state index contributed by atoms with van der Waals surface area (Å²) in [5.74, 6) is -1.45. The molecule has 0 bridgehead atoms. The van der Waals surface area contributed by atoms with Crippen LogP contribution in [0.2, 0.25) is 0 Å². The van der Waals surface area contributed by atoms with Crippen molar-refractivity contribution in [1.29, 1.82) is 0 Å². The summed E-state index contributed by atoms with van der Waals surface area (Å²) in [5, 5.41) is 11.4. The Bertz CT molecular complexity index is 299. The maximum absolute atomic E-state index is 11.6. The second-order valence-electron chi connectivity index (χ2n) is 5.09. The number of carboxylic acid groups (broad SMARTS) is 1. The van der Waals surface area contributed by atoms with Crippen molar-refractivity contribution in [2.24, 2.45) is 5.92 Å². The highest BCUT2D eigenvalue weighted by Gasteiger charge is 2.23. The molecular formula is C13H23NO5. The fourth-order valence-corrected chi connectivity index (χ4v) is 1.91. The number of carbonyl (C=O) groups excluding carboxylic acids is 1. The lowest BCUT2D eigenvalue weighted by Crippen LogP contribution is -2.44. The van der Waals surface area contributed by atoms with E-state index in [2.05, 4.69) is 5.32 Å². The average Bonchev–Trinajstić information content (AvgIpc) is 2.84. The highest BCUT2D eigenvalue weighted by molar-refractivity contribution is 5.83. The highest BCUT2D eigenvalue weighted by atomic mass is 16.5. The third-order valence-electron chi connectivity index (χ3n) is 3.05. The molecule has 2 atom stereocenters. The number of hydrogen-bond acceptors (Lipinski definition) is 4. The zero-order chi connectivity index (χ0) is 14.3. The quantitative estimate of drug-likeness (QED) is 0.639. The minimum absolute atomic E-state index is 0.144.